The maximum atomic E-state index is 11.9. The van der Waals surface area contributed by atoms with Crippen molar-refractivity contribution in [3.8, 4) is 0 Å². The van der Waals surface area contributed by atoms with Gasteiger partial charge in [-0.15, -0.1) is 11.8 Å². The number of benzene rings is 1. The molecular formula is C13H17NOS. The number of hydrogen-bond donors (Lipinski definition) is 1. The fourth-order valence-electron chi connectivity index (χ4n) is 2.05. The number of anilines is 1. The highest BCUT2D eigenvalue weighted by Crippen LogP contribution is 2.27. The van der Waals surface area contributed by atoms with E-state index in [1.807, 2.05) is 26.0 Å². The Morgan fingerprint density at radius 3 is 2.56 bits per heavy atom. The molecule has 1 amide bonds. The summed E-state index contributed by atoms with van der Waals surface area (Å²) in [5.41, 5.74) is 3.30. The zero-order chi connectivity index (χ0) is 11.5. The minimum absolute atomic E-state index is 0.154. The van der Waals surface area contributed by atoms with Gasteiger partial charge >= 0.3 is 0 Å². The van der Waals surface area contributed by atoms with Gasteiger partial charge in [0, 0.05) is 5.69 Å². The van der Waals surface area contributed by atoms with Crippen LogP contribution in [0.25, 0.3) is 0 Å². The Kier molecular flexibility index (Phi) is 3.54. The molecule has 0 spiro atoms. The lowest BCUT2D eigenvalue weighted by Gasteiger charge is -2.11. The zero-order valence-electron chi connectivity index (χ0n) is 9.75. The molecule has 0 bridgehead atoms. The number of aryl methyl sites for hydroxylation is 2. The largest absolute Gasteiger partial charge is 0.325 e. The van der Waals surface area contributed by atoms with E-state index in [1.165, 1.54) is 11.1 Å². The lowest BCUT2D eigenvalue weighted by Crippen LogP contribution is -2.22. The number of thioether (sulfide) groups is 1. The Morgan fingerprint density at radius 1 is 1.31 bits per heavy atom. The molecule has 1 aliphatic heterocycles. The van der Waals surface area contributed by atoms with Crippen molar-refractivity contribution in [3.05, 3.63) is 29.3 Å². The molecule has 1 aliphatic rings. The van der Waals surface area contributed by atoms with E-state index in [0.29, 0.717) is 0 Å². The molecule has 1 aromatic carbocycles. The average molecular weight is 235 g/mol. The Balaban J connectivity index is 2.05. The summed E-state index contributed by atoms with van der Waals surface area (Å²) in [7, 11) is 0. The van der Waals surface area contributed by atoms with Crippen molar-refractivity contribution in [1.82, 2.24) is 0 Å². The molecule has 2 nitrogen and oxygen atoms in total. The molecule has 1 atom stereocenters. The molecule has 3 heteroatoms. The maximum absolute atomic E-state index is 11.9. The van der Waals surface area contributed by atoms with Crippen LogP contribution in [0.2, 0.25) is 0 Å². The third-order valence-electron chi connectivity index (χ3n) is 2.71. The number of carbonyl (C=O) groups is 1. The fraction of sp³-hybridized carbons (Fsp3) is 0.462. The first kappa shape index (κ1) is 11.5. The number of rotatable bonds is 2. The fourth-order valence-corrected chi connectivity index (χ4v) is 3.22. The van der Waals surface area contributed by atoms with Crippen molar-refractivity contribution in [3.63, 3.8) is 0 Å². The highest BCUT2D eigenvalue weighted by molar-refractivity contribution is 8.00. The van der Waals surface area contributed by atoms with Crippen LogP contribution in [0.5, 0.6) is 0 Å². The summed E-state index contributed by atoms with van der Waals surface area (Å²) in [4.78, 5) is 11.9. The van der Waals surface area contributed by atoms with Crippen LogP contribution in [0.4, 0.5) is 5.69 Å². The predicted octanol–water partition coefficient (Wildman–Crippen LogP) is 3.14. The average Bonchev–Trinajstić information content (AvgIpc) is 2.68. The minimum atomic E-state index is 0.154. The van der Waals surface area contributed by atoms with E-state index >= 15 is 0 Å². The van der Waals surface area contributed by atoms with Crippen LogP contribution in [0.1, 0.15) is 24.0 Å². The van der Waals surface area contributed by atoms with Crippen LogP contribution in [0.3, 0.4) is 0 Å². The summed E-state index contributed by atoms with van der Waals surface area (Å²) in [6, 6.07) is 6.15. The first-order valence-corrected chi connectivity index (χ1v) is 6.71. The monoisotopic (exact) mass is 235 g/mol. The zero-order valence-corrected chi connectivity index (χ0v) is 10.6. The molecular weight excluding hydrogens is 218 g/mol. The first-order chi connectivity index (χ1) is 7.65. The van der Waals surface area contributed by atoms with Gasteiger partial charge in [0.2, 0.25) is 5.91 Å². The number of carbonyl (C=O) groups excluding carboxylic acids is 1. The van der Waals surface area contributed by atoms with Crippen molar-refractivity contribution >= 4 is 23.4 Å². The van der Waals surface area contributed by atoms with Gasteiger partial charge in [0.25, 0.3) is 0 Å². The Bertz CT molecular complexity index is 377. The van der Waals surface area contributed by atoms with Crippen LogP contribution >= 0.6 is 11.8 Å². The SMILES string of the molecule is Cc1cc(C)cc(NC(=O)C2CCCS2)c1. The van der Waals surface area contributed by atoms with E-state index < -0.39 is 0 Å². The molecule has 1 fully saturated rings. The van der Waals surface area contributed by atoms with Crippen LogP contribution in [0, 0.1) is 13.8 Å². The summed E-state index contributed by atoms with van der Waals surface area (Å²) in [6.07, 6.45) is 2.18. The molecule has 86 valence electrons. The van der Waals surface area contributed by atoms with Gasteiger partial charge in [0.1, 0.15) is 0 Å². The molecule has 1 heterocycles. The molecule has 1 saturated heterocycles. The molecule has 0 aliphatic carbocycles. The maximum Gasteiger partial charge on any atom is 0.237 e. The standard InChI is InChI=1S/C13H17NOS/c1-9-6-10(2)8-11(7-9)14-13(15)12-4-3-5-16-12/h6-8,12H,3-5H2,1-2H3,(H,14,15). The molecule has 16 heavy (non-hydrogen) atoms. The van der Waals surface area contributed by atoms with Gasteiger partial charge in [0.15, 0.2) is 0 Å². The van der Waals surface area contributed by atoms with Gasteiger partial charge < -0.3 is 5.32 Å². The third-order valence-corrected chi connectivity index (χ3v) is 4.09. The third kappa shape index (κ3) is 2.79. The van der Waals surface area contributed by atoms with Gasteiger partial charge in [-0.3, -0.25) is 4.79 Å². The number of nitrogens with one attached hydrogen (secondary N) is 1. The van der Waals surface area contributed by atoms with Gasteiger partial charge in [-0.1, -0.05) is 6.07 Å². The van der Waals surface area contributed by atoms with Crippen LogP contribution < -0.4 is 5.32 Å². The molecule has 2 rings (SSSR count). The quantitative estimate of drug-likeness (QED) is 0.853. The van der Waals surface area contributed by atoms with Crippen LogP contribution in [0.15, 0.2) is 18.2 Å². The molecule has 0 aromatic heterocycles. The first-order valence-electron chi connectivity index (χ1n) is 5.66. The van der Waals surface area contributed by atoms with E-state index in [4.69, 9.17) is 0 Å². The summed E-state index contributed by atoms with van der Waals surface area (Å²) in [5, 5.41) is 3.16. The molecule has 1 aromatic rings. The summed E-state index contributed by atoms with van der Waals surface area (Å²) in [5.74, 6) is 1.28. The van der Waals surface area contributed by atoms with Gasteiger partial charge in [0.05, 0.1) is 5.25 Å². The Hall–Kier alpha value is -0.960. The van der Waals surface area contributed by atoms with E-state index in [9.17, 15) is 4.79 Å². The van der Waals surface area contributed by atoms with E-state index in [2.05, 4.69) is 11.4 Å². The van der Waals surface area contributed by atoms with Crippen LogP contribution in [-0.4, -0.2) is 16.9 Å². The number of amides is 1. The van der Waals surface area contributed by atoms with Crippen LogP contribution in [-0.2, 0) is 4.79 Å². The second-order valence-corrected chi connectivity index (χ2v) is 5.68. The smallest absolute Gasteiger partial charge is 0.237 e. The highest BCUT2D eigenvalue weighted by atomic mass is 32.2. The summed E-state index contributed by atoms with van der Waals surface area (Å²) >= 11 is 1.77. The Labute approximate surface area is 101 Å². The normalized spacial score (nSPS) is 19.8. The van der Waals surface area contributed by atoms with Crippen molar-refractivity contribution in [2.45, 2.75) is 31.9 Å². The lowest BCUT2D eigenvalue weighted by atomic mass is 10.1. The van der Waals surface area contributed by atoms with Crippen molar-refractivity contribution in [1.29, 1.82) is 0 Å². The van der Waals surface area contributed by atoms with Crippen molar-refractivity contribution < 1.29 is 4.79 Å². The summed E-state index contributed by atoms with van der Waals surface area (Å²) < 4.78 is 0. The molecule has 1 N–H and O–H groups in total. The summed E-state index contributed by atoms with van der Waals surface area (Å²) in [6.45, 7) is 4.10. The minimum Gasteiger partial charge on any atom is -0.325 e. The molecule has 0 saturated carbocycles. The molecule has 1 unspecified atom stereocenters. The Morgan fingerprint density at radius 2 is 2.00 bits per heavy atom. The van der Waals surface area contributed by atoms with Gasteiger partial charge in [-0.05, 0) is 55.7 Å². The lowest BCUT2D eigenvalue weighted by molar-refractivity contribution is -0.115. The van der Waals surface area contributed by atoms with Crippen molar-refractivity contribution in [2.24, 2.45) is 0 Å². The van der Waals surface area contributed by atoms with Crippen molar-refractivity contribution in [2.75, 3.05) is 11.1 Å². The van der Waals surface area contributed by atoms with Gasteiger partial charge in [-0.25, -0.2) is 0 Å². The second kappa shape index (κ2) is 4.91. The highest BCUT2D eigenvalue weighted by Gasteiger charge is 2.23. The topological polar surface area (TPSA) is 29.1 Å². The number of hydrogen-bond acceptors (Lipinski definition) is 2. The predicted molar refractivity (Wildman–Crippen MR) is 70.0 cm³/mol. The van der Waals surface area contributed by atoms with E-state index in [-0.39, 0.29) is 11.2 Å². The van der Waals surface area contributed by atoms with Gasteiger partial charge in [-0.2, -0.15) is 0 Å². The molecule has 0 radical (unpaired) electrons. The van der Waals surface area contributed by atoms with E-state index in [0.717, 1.165) is 24.3 Å². The van der Waals surface area contributed by atoms with E-state index in [1.54, 1.807) is 11.8 Å². The second-order valence-electron chi connectivity index (χ2n) is 4.37.